The van der Waals surface area contributed by atoms with Crippen molar-refractivity contribution in [3.05, 3.63) is 47.6 Å². The van der Waals surface area contributed by atoms with Gasteiger partial charge in [0.05, 0.1) is 23.8 Å². The fourth-order valence-corrected chi connectivity index (χ4v) is 3.42. The quantitative estimate of drug-likeness (QED) is 0.716. The molecule has 1 amide bonds. The number of likely N-dealkylation sites (N-methyl/N-ethyl adjacent to an activating group) is 1. The first-order valence-corrected chi connectivity index (χ1v) is 9.16. The van der Waals surface area contributed by atoms with Crippen LogP contribution in [0.15, 0.2) is 24.8 Å². The van der Waals surface area contributed by atoms with Gasteiger partial charge in [-0.2, -0.15) is 0 Å². The minimum absolute atomic E-state index is 0.176. The molecule has 0 spiro atoms. The Morgan fingerprint density at radius 1 is 1.25 bits per heavy atom. The fraction of sp³-hybridized carbons (Fsp3) is 0.368. The van der Waals surface area contributed by atoms with E-state index in [0.717, 1.165) is 25.3 Å². The van der Waals surface area contributed by atoms with Crippen molar-refractivity contribution in [3.63, 3.8) is 0 Å². The highest BCUT2D eigenvalue weighted by Crippen LogP contribution is 2.23. The van der Waals surface area contributed by atoms with Gasteiger partial charge in [0.25, 0.3) is 5.91 Å². The van der Waals surface area contributed by atoms with E-state index in [1.807, 2.05) is 7.05 Å². The Labute approximate surface area is 161 Å². The van der Waals surface area contributed by atoms with Crippen LogP contribution >= 0.6 is 0 Å². The summed E-state index contributed by atoms with van der Waals surface area (Å²) in [6.45, 7) is 5.15. The third kappa shape index (κ3) is 3.29. The highest BCUT2D eigenvalue weighted by atomic mass is 19.1. The van der Waals surface area contributed by atoms with Gasteiger partial charge in [-0.1, -0.05) is 0 Å². The van der Waals surface area contributed by atoms with Gasteiger partial charge in [-0.15, -0.1) is 0 Å². The van der Waals surface area contributed by atoms with Crippen LogP contribution in [0.5, 0.6) is 0 Å². The smallest absolute Gasteiger partial charge is 0.275 e. The van der Waals surface area contributed by atoms with E-state index in [9.17, 15) is 9.18 Å². The van der Waals surface area contributed by atoms with Gasteiger partial charge in [0.15, 0.2) is 11.5 Å². The van der Waals surface area contributed by atoms with Gasteiger partial charge in [0.2, 0.25) is 0 Å². The Morgan fingerprint density at radius 2 is 2.07 bits per heavy atom. The number of aromatic nitrogens is 4. The summed E-state index contributed by atoms with van der Waals surface area (Å²) in [5.41, 5.74) is 1.81. The molecule has 3 aromatic heterocycles. The number of nitrogens with one attached hydrogen (secondary N) is 2. The lowest BCUT2D eigenvalue weighted by Gasteiger charge is -2.17. The second-order valence-electron chi connectivity index (χ2n) is 7.03. The van der Waals surface area contributed by atoms with Crippen LogP contribution in [0.2, 0.25) is 0 Å². The average Bonchev–Trinajstić information content (AvgIpc) is 3.32. The van der Waals surface area contributed by atoms with E-state index in [1.54, 1.807) is 36.8 Å². The van der Waals surface area contributed by atoms with Crippen molar-refractivity contribution in [1.29, 1.82) is 0 Å². The van der Waals surface area contributed by atoms with Crippen LogP contribution in [0.4, 0.5) is 15.9 Å². The van der Waals surface area contributed by atoms with Crippen LogP contribution in [-0.2, 0) is 0 Å². The lowest BCUT2D eigenvalue weighted by Crippen LogP contribution is -2.30. The zero-order chi connectivity index (χ0) is 19.8. The van der Waals surface area contributed by atoms with E-state index in [1.165, 1.54) is 6.20 Å². The Balaban J connectivity index is 1.52. The molecule has 4 heterocycles. The fourth-order valence-electron chi connectivity index (χ4n) is 3.42. The van der Waals surface area contributed by atoms with Gasteiger partial charge in [-0.05, 0) is 27.3 Å². The predicted molar refractivity (Wildman–Crippen MR) is 104 cm³/mol. The van der Waals surface area contributed by atoms with E-state index in [4.69, 9.17) is 0 Å². The Bertz CT molecular complexity index is 1030. The Hall–Kier alpha value is -3.07. The molecular formula is C19H22FN7O. The number of hydrogen-bond acceptors (Lipinski definition) is 6. The first kappa shape index (κ1) is 18.3. The van der Waals surface area contributed by atoms with Crippen LogP contribution < -0.4 is 15.5 Å². The van der Waals surface area contributed by atoms with Crippen LogP contribution in [0.25, 0.3) is 5.65 Å². The van der Waals surface area contributed by atoms with Crippen molar-refractivity contribution in [2.75, 3.05) is 30.4 Å². The maximum atomic E-state index is 14.5. The molecule has 28 heavy (non-hydrogen) atoms. The zero-order valence-corrected chi connectivity index (χ0v) is 16.0. The maximum Gasteiger partial charge on any atom is 0.275 e. The van der Waals surface area contributed by atoms with Crippen LogP contribution in [0, 0.1) is 19.7 Å². The van der Waals surface area contributed by atoms with Crippen molar-refractivity contribution < 1.29 is 9.18 Å². The summed E-state index contributed by atoms with van der Waals surface area (Å²) in [4.78, 5) is 27.5. The monoisotopic (exact) mass is 383 g/mol. The molecule has 1 unspecified atom stereocenters. The molecule has 1 atom stereocenters. The highest BCUT2D eigenvalue weighted by Gasteiger charge is 2.22. The molecule has 0 radical (unpaired) electrons. The molecule has 1 saturated heterocycles. The Morgan fingerprint density at radius 3 is 2.75 bits per heavy atom. The minimum Gasteiger partial charge on any atom is -0.354 e. The predicted octanol–water partition coefficient (Wildman–Crippen LogP) is 1.93. The van der Waals surface area contributed by atoms with Gasteiger partial charge in [-0.25, -0.2) is 19.3 Å². The largest absolute Gasteiger partial charge is 0.354 e. The molecule has 0 bridgehead atoms. The lowest BCUT2D eigenvalue weighted by molar-refractivity contribution is 0.102. The van der Waals surface area contributed by atoms with Crippen molar-refractivity contribution in [3.8, 4) is 0 Å². The van der Waals surface area contributed by atoms with E-state index >= 15 is 0 Å². The van der Waals surface area contributed by atoms with Gasteiger partial charge < -0.3 is 19.9 Å². The molecular weight excluding hydrogens is 361 g/mol. The molecule has 0 saturated carbocycles. The lowest BCUT2D eigenvalue weighted by atomic mass is 10.2. The molecule has 8 nitrogen and oxygen atoms in total. The van der Waals surface area contributed by atoms with Crippen LogP contribution in [-0.4, -0.2) is 51.4 Å². The van der Waals surface area contributed by atoms with E-state index < -0.39 is 11.7 Å². The van der Waals surface area contributed by atoms with Gasteiger partial charge in [0.1, 0.15) is 11.5 Å². The number of anilines is 2. The molecule has 1 aliphatic rings. The zero-order valence-electron chi connectivity index (χ0n) is 16.0. The van der Waals surface area contributed by atoms with Crippen molar-refractivity contribution in [2.24, 2.45) is 0 Å². The Kier molecular flexibility index (Phi) is 4.68. The third-order valence-electron chi connectivity index (χ3n) is 5.09. The normalized spacial score (nSPS) is 16.7. The number of fused-ring (bicyclic) bond motifs is 1. The van der Waals surface area contributed by atoms with E-state index in [2.05, 4.69) is 30.5 Å². The number of nitrogens with zero attached hydrogens (tertiary/aromatic N) is 5. The molecule has 2 N–H and O–H groups in total. The first-order chi connectivity index (χ1) is 13.5. The van der Waals surface area contributed by atoms with E-state index in [0.29, 0.717) is 23.0 Å². The maximum absolute atomic E-state index is 14.5. The summed E-state index contributed by atoms with van der Waals surface area (Å²) >= 11 is 0. The number of amides is 1. The summed E-state index contributed by atoms with van der Waals surface area (Å²) < 4.78 is 16.1. The minimum atomic E-state index is -0.458. The molecule has 0 aliphatic carbocycles. The summed E-state index contributed by atoms with van der Waals surface area (Å²) in [6, 6.07) is 0.435. The summed E-state index contributed by atoms with van der Waals surface area (Å²) in [7, 11) is 1.94. The molecule has 146 valence electrons. The topological polar surface area (TPSA) is 87.5 Å². The molecule has 1 aliphatic heterocycles. The number of carbonyl (C=O) groups excluding carboxylic acids is 1. The number of pyridine rings is 1. The van der Waals surface area contributed by atoms with Crippen LogP contribution in [0.3, 0.4) is 0 Å². The number of aryl methyl sites for hydroxylation is 1. The number of rotatable bonds is 4. The molecule has 1 fully saturated rings. The standard InChI is InChI=1S/C19H22FN7O/c1-11-8-27-10-15(12(2)17(20)18(27)24-11)25-19(28)14-6-23-16(7-22-14)26-5-4-13(9-26)21-3/h6-8,10,13,21H,4-5,9H2,1-3H3,(H,25,28). The summed E-state index contributed by atoms with van der Waals surface area (Å²) in [5, 5.41) is 5.97. The molecule has 0 aromatic carbocycles. The average molecular weight is 383 g/mol. The molecule has 4 rings (SSSR count). The summed E-state index contributed by atoms with van der Waals surface area (Å²) in [5.74, 6) is -0.153. The summed E-state index contributed by atoms with van der Waals surface area (Å²) in [6.07, 6.45) is 7.44. The number of imidazole rings is 1. The van der Waals surface area contributed by atoms with E-state index in [-0.39, 0.29) is 11.3 Å². The van der Waals surface area contributed by atoms with Gasteiger partial charge in [-0.3, -0.25) is 4.79 Å². The highest BCUT2D eigenvalue weighted by molar-refractivity contribution is 6.03. The molecule has 3 aromatic rings. The van der Waals surface area contributed by atoms with Crippen molar-refractivity contribution in [2.45, 2.75) is 26.3 Å². The number of halogens is 1. The third-order valence-corrected chi connectivity index (χ3v) is 5.09. The first-order valence-electron chi connectivity index (χ1n) is 9.16. The van der Waals surface area contributed by atoms with Crippen molar-refractivity contribution >= 4 is 23.1 Å². The van der Waals surface area contributed by atoms with Crippen LogP contribution in [0.1, 0.15) is 28.2 Å². The number of carbonyl (C=O) groups is 1. The number of hydrogen-bond donors (Lipinski definition) is 2. The second-order valence-corrected chi connectivity index (χ2v) is 7.03. The molecule has 9 heteroatoms. The SMILES string of the molecule is CNC1CCN(c2cnc(C(=O)Nc3cn4cc(C)nc4c(F)c3C)cn2)C1. The van der Waals surface area contributed by atoms with Gasteiger partial charge in [0, 0.05) is 37.1 Å². The van der Waals surface area contributed by atoms with Crippen molar-refractivity contribution in [1.82, 2.24) is 24.7 Å². The second kappa shape index (κ2) is 7.16. The van der Waals surface area contributed by atoms with Gasteiger partial charge >= 0.3 is 0 Å².